The first-order chi connectivity index (χ1) is 13.4. The molecule has 0 saturated heterocycles. The summed E-state index contributed by atoms with van der Waals surface area (Å²) < 4.78 is 33.2. The molecule has 8 heteroatoms. The van der Waals surface area contributed by atoms with Crippen LogP contribution in [0.15, 0.2) is 33.7 Å². The molecule has 4 rings (SSSR count). The zero-order chi connectivity index (χ0) is 19.9. The maximum Gasteiger partial charge on any atom is 0.262 e. The zero-order valence-corrected chi connectivity index (χ0v) is 15.3. The Morgan fingerprint density at radius 3 is 2.79 bits per heavy atom. The number of carbonyl (C=O) groups is 1. The molecule has 2 heterocycles. The van der Waals surface area contributed by atoms with Crippen LogP contribution < -0.4 is 10.9 Å². The van der Waals surface area contributed by atoms with E-state index in [4.69, 9.17) is 4.42 Å². The van der Waals surface area contributed by atoms with Gasteiger partial charge in [0.1, 0.15) is 22.8 Å². The average Bonchev–Trinajstić information content (AvgIpc) is 3.25. The van der Waals surface area contributed by atoms with Crippen LogP contribution in [0.5, 0.6) is 0 Å². The fourth-order valence-corrected chi connectivity index (χ4v) is 4.18. The van der Waals surface area contributed by atoms with Gasteiger partial charge in [-0.2, -0.15) is 0 Å². The largest absolute Gasteiger partial charge is 0.442 e. The van der Waals surface area contributed by atoms with Crippen LogP contribution in [0.4, 0.5) is 8.78 Å². The SMILES string of the molecule is Cc1oc2nc[nH]c(=O)c2c1C(=O)NCC1(c2ccc(F)cc2F)CCCC1. The number of halogens is 2. The Hall–Kier alpha value is -3.03. The second-order valence-electron chi connectivity index (χ2n) is 7.24. The van der Waals surface area contributed by atoms with Crippen LogP contribution in [0.25, 0.3) is 11.1 Å². The number of nitrogens with one attached hydrogen (secondary N) is 2. The van der Waals surface area contributed by atoms with Crippen molar-refractivity contribution in [1.29, 1.82) is 0 Å². The number of nitrogens with zero attached hydrogens (tertiary/aromatic N) is 1. The van der Waals surface area contributed by atoms with Crippen molar-refractivity contribution >= 4 is 17.0 Å². The lowest BCUT2D eigenvalue weighted by molar-refractivity contribution is 0.0942. The third-order valence-corrected chi connectivity index (χ3v) is 5.55. The van der Waals surface area contributed by atoms with Crippen molar-refractivity contribution < 1.29 is 18.0 Å². The Morgan fingerprint density at radius 1 is 1.32 bits per heavy atom. The highest BCUT2D eigenvalue weighted by molar-refractivity contribution is 6.06. The zero-order valence-electron chi connectivity index (χ0n) is 15.3. The van der Waals surface area contributed by atoms with E-state index in [0.29, 0.717) is 18.4 Å². The van der Waals surface area contributed by atoms with E-state index in [-0.39, 0.29) is 29.0 Å². The van der Waals surface area contributed by atoms with Gasteiger partial charge in [-0.25, -0.2) is 13.8 Å². The molecular formula is C20H19F2N3O3. The predicted molar refractivity (Wildman–Crippen MR) is 98.2 cm³/mol. The molecule has 0 radical (unpaired) electrons. The molecule has 6 nitrogen and oxygen atoms in total. The van der Waals surface area contributed by atoms with E-state index in [1.165, 1.54) is 18.5 Å². The highest BCUT2D eigenvalue weighted by atomic mass is 19.1. The quantitative estimate of drug-likeness (QED) is 0.719. The summed E-state index contributed by atoms with van der Waals surface area (Å²) >= 11 is 0. The van der Waals surface area contributed by atoms with Crippen molar-refractivity contribution in [1.82, 2.24) is 15.3 Å². The van der Waals surface area contributed by atoms with E-state index in [1.54, 1.807) is 6.92 Å². The molecule has 3 aromatic rings. The number of carbonyl (C=O) groups excluding carboxylic acids is 1. The average molecular weight is 387 g/mol. The lowest BCUT2D eigenvalue weighted by Gasteiger charge is -2.30. The van der Waals surface area contributed by atoms with Gasteiger partial charge >= 0.3 is 0 Å². The molecular weight excluding hydrogens is 368 g/mol. The number of fused-ring (bicyclic) bond motifs is 1. The number of H-pyrrole nitrogens is 1. The molecule has 1 aliphatic carbocycles. The second-order valence-corrected chi connectivity index (χ2v) is 7.24. The number of hydrogen-bond acceptors (Lipinski definition) is 4. The molecule has 0 unspecified atom stereocenters. The summed E-state index contributed by atoms with van der Waals surface area (Å²) in [5, 5.41) is 2.92. The van der Waals surface area contributed by atoms with Gasteiger partial charge in [0, 0.05) is 18.0 Å². The number of amides is 1. The Morgan fingerprint density at radius 2 is 2.07 bits per heavy atom. The van der Waals surface area contributed by atoms with Gasteiger partial charge in [-0.3, -0.25) is 9.59 Å². The Balaban J connectivity index is 1.65. The number of benzene rings is 1. The fraction of sp³-hybridized carbons (Fsp3) is 0.350. The van der Waals surface area contributed by atoms with Crippen molar-refractivity contribution in [2.45, 2.75) is 38.0 Å². The number of aromatic nitrogens is 2. The normalized spacial score (nSPS) is 15.8. The minimum absolute atomic E-state index is 0.0888. The standard InChI is InChI=1S/C20H19F2N3O3/c1-11-15(16-18(27)24-10-25-19(16)28-11)17(26)23-9-20(6-2-3-7-20)13-5-4-12(21)8-14(13)22/h4-5,8,10H,2-3,6-7,9H2,1H3,(H,23,26)(H,24,25,27). The van der Waals surface area contributed by atoms with E-state index in [0.717, 1.165) is 18.9 Å². The summed E-state index contributed by atoms with van der Waals surface area (Å²) in [7, 11) is 0. The van der Waals surface area contributed by atoms with Crippen molar-refractivity contribution in [2.75, 3.05) is 6.54 Å². The minimum atomic E-state index is -0.634. The van der Waals surface area contributed by atoms with Crippen LogP contribution in [-0.4, -0.2) is 22.4 Å². The summed E-state index contributed by atoms with van der Waals surface area (Å²) in [6.45, 7) is 1.76. The van der Waals surface area contributed by atoms with Crippen LogP contribution in [0, 0.1) is 18.6 Å². The Bertz CT molecular complexity index is 1110. The lowest BCUT2D eigenvalue weighted by Crippen LogP contribution is -2.40. The van der Waals surface area contributed by atoms with Gasteiger partial charge in [-0.1, -0.05) is 18.9 Å². The van der Waals surface area contributed by atoms with Crippen LogP contribution in [0.2, 0.25) is 0 Å². The molecule has 0 atom stereocenters. The summed E-state index contributed by atoms with van der Waals surface area (Å²) in [5.41, 5.74) is -0.457. The number of rotatable bonds is 4. The molecule has 0 bridgehead atoms. The molecule has 28 heavy (non-hydrogen) atoms. The first-order valence-corrected chi connectivity index (χ1v) is 9.12. The predicted octanol–water partition coefficient (Wildman–Crippen LogP) is 3.34. The van der Waals surface area contributed by atoms with Gasteiger partial charge in [0.25, 0.3) is 11.5 Å². The molecule has 1 aromatic carbocycles. The molecule has 1 saturated carbocycles. The molecule has 1 aliphatic rings. The maximum absolute atomic E-state index is 14.4. The number of furan rings is 1. The van der Waals surface area contributed by atoms with Gasteiger partial charge in [0.05, 0.1) is 11.9 Å². The minimum Gasteiger partial charge on any atom is -0.442 e. The first kappa shape index (κ1) is 18.3. The number of aryl methyl sites for hydroxylation is 1. The molecule has 1 fully saturated rings. The van der Waals surface area contributed by atoms with Crippen molar-refractivity contribution in [3.05, 3.63) is 63.4 Å². The summed E-state index contributed by atoms with van der Waals surface area (Å²) in [5.74, 6) is -1.44. The number of hydrogen-bond donors (Lipinski definition) is 2. The van der Waals surface area contributed by atoms with Crippen molar-refractivity contribution in [2.24, 2.45) is 0 Å². The Kier molecular flexibility index (Phi) is 4.49. The summed E-state index contributed by atoms with van der Waals surface area (Å²) in [4.78, 5) is 31.3. The van der Waals surface area contributed by atoms with Gasteiger partial charge in [0.2, 0.25) is 5.71 Å². The smallest absolute Gasteiger partial charge is 0.262 e. The molecule has 2 aromatic heterocycles. The summed E-state index contributed by atoms with van der Waals surface area (Å²) in [6, 6.07) is 3.56. The van der Waals surface area contributed by atoms with Gasteiger partial charge in [-0.05, 0) is 31.4 Å². The van der Waals surface area contributed by atoms with Gasteiger partial charge < -0.3 is 14.7 Å². The monoisotopic (exact) mass is 387 g/mol. The van der Waals surface area contributed by atoms with Crippen molar-refractivity contribution in [3.8, 4) is 0 Å². The topological polar surface area (TPSA) is 88.0 Å². The molecule has 0 spiro atoms. The second kappa shape index (κ2) is 6.85. The van der Waals surface area contributed by atoms with Crippen molar-refractivity contribution in [3.63, 3.8) is 0 Å². The van der Waals surface area contributed by atoms with Gasteiger partial charge in [0.15, 0.2) is 0 Å². The molecule has 146 valence electrons. The highest BCUT2D eigenvalue weighted by Crippen LogP contribution is 2.42. The molecule has 1 amide bonds. The third-order valence-electron chi connectivity index (χ3n) is 5.55. The van der Waals surface area contributed by atoms with Crippen LogP contribution in [0.3, 0.4) is 0 Å². The summed E-state index contributed by atoms with van der Waals surface area (Å²) in [6.07, 6.45) is 4.36. The first-order valence-electron chi connectivity index (χ1n) is 9.12. The fourth-order valence-electron chi connectivity index (χ4n) is 4.18. The maximum atomic E-state index is 14.4. The van der Waals surface area contributed by atoms with E-state index >= 15 is 0 Å². The van der Waals surface area contributed by atoms with E-state index in [1.807, 2.05) is 0 Å². The van der Waals surface area contributed by atoms with E-state index in [2.05, 4.69) is 15.3 Å². The third kappa shape index (κ3) is 2.98. The highest BCUT2D eigenvalue weighted by Gasteiger charge is 2.38. The van der Waals surface area contributed by atoms with E-state index < -0.39 is 28.5 Å². The van der Waals surface area contributed by atoms with Crippen LogP contribution in [0.1, 0.15) is 47.4 Å². The Labute approximate surface area is 159 Å². The van der Waals surface area contributed by atoms with E-state index in [9.17, 15) is 18.4 Å². The molecule has 0 aliphatic heterocycles. The van der Waals surface area contributed by atoms with Crippen LogP contribution in [-0.2, 0) is 5.41 Å². The number of aromatic amines is 1. The van der Waals surface area contributed by atoms with Gasteiger partial charge in [-0.15, -0.1) is 0 Å². The molecule has 2 N–H and O–H groups in total. The lowest BCUT2D eigenvalue weighted by atomic mass is 9.78. The van der Waals surface area contributed by atoms with Crippen LogP contribution >= 0.6 is 0 Å².